The van der Waals surface area contributed by atoms with Crippen molar-refractivity contribution in [1.29, 1.82) is 0 Å². The highest BCUT2D eigenvalue weighted by molar-refractivity contribution is 5.65. The van der Waals surface area contributed by atoms with Crippen LogP contribution in [-0.4, -0.2) is 23.8 Å². The van der Waals surface area contributed by atoms with Gasteiger partial charge in [0.15, 0.2) is 0 Å². The second-order valence-electron chi connectivity index (χ2n) is 6.09. The van der Waals surface area contributed by atoms with E-state index in [1.165, 1.54) is 45.4 Å². The first-order valence-electron chi connectivity index (χ1n) is 9.15. The van der Waals surface area contributed by atoms with E-state index in [1.54, 1.807) is 0 Å². The van der Waals surface area contributed by atoms with Crippen molar-refractivity contribution in [3.8, 4) is 0 Å². The first-order chi connectivity index (χ1) is 10.7. The molecule has 0 saturated carbocycles. The summed E-state index contributed by atoms with van der Waals surface area (Å²) in [5.74, 6) is -0.174. The molecule has 0 aliphatic heterocycles. The van der Waals surface area contributed by atoms with Gasteiger partial charge in [0.25, 0.3) is 0 Å². The van der Waals surface area contributed by atoms with Crippen LogP contribution in [0.25, 0.3) is 0 Å². The van der Waals surface area contributed by atoms with Gasteiger partial charge in [0.1, 0.15) is 0 Å². The van der Waals surface area contributed by atoms with Crippen LogP contribution in [0.15, 0.2) is 12.2 Å². The van der Waals surface area contributed by atoms with E-state index in [0.717, 1.165) is 38.5 Å². The molecule has 0 aromatic rings. The molecule has 0 spiro atoms. The summed E-state index contributed by atoms with van der Waals surface area (Å²) in [5, 5.41) is 9.66. The average molecular weight is 312 g/mol. The number of carbonyl (C=O) groups excluding carboxylic acids is 1. The highest BCUT2D eigenvalue weighted by Gasteiger charge is 1.97. The molecule has 0 aliphatic carbocycles. The van der Waals surface area contributed by atoms with Crippen LogP contribution < -0.4 is 0 Å². The molecule has 0 amide bonds. The zero-order chi connectivity index (χ0) is 16.5. The number of ether oxygens (including phenoxy) is 1. The fourth-order valence-corrected chi connectivity index (χ4v) is 2.40. The largest absolute Gasteiger partial charge is 0.466 e. The lowest BCUT2D eigenvalue weighted by Crippen LogP contribution is -2.00. The number of allylic oxidation sites excluding steroid dienone is 1. The smallest absolute Gasteiger partial charge is 0.302 e. The number of carbonyl (C=O) groups is 1. The molecule has 1 unspecified atom stereocenters. The van der Waals surface area contributed by atoms with E-state index in [9.17, 15) is 9.90 Å². The Balaban J connectivity index is 3.17. The van der Waals surface area contributed by atoms with Crippen molar-refractivity contribution in [2.45, 2.75) is 97.0 Å². The van der Waals surface area contributed by atoms with Gasteiger partial charge in [-0.1, -0.05) is 70.4 Å². The number of esters is 1. The Labute approximate surface area is 137 Å². The minimum Gasteiger partial charge on any atom is -0.466 e. The van der Waals surface area contributed by atoms with Gasteiger partial charge in [-0.3, -0.25) is 4.79 Å². The first kappa shape index (κ1) is 21.2. The van der Waals surface area contributed by atoms with Crippen molar-refractivity contribution >= 4 is 5.97 Å². The molecule has 0 aromatic carbocycles. The highest BCUT2D eigenvalue weighted by atomic mass is 16.5. The van der Waals surface area contributed by atoms with Crippen molar-refractivity contribution in [2.75, 3.05) is 6.61 Å². The van der Waals surface area contributed by atoms with Crippen LogP contribution >= 0.6 is 0 Å². The standard InChI is InChI=1S/C19H36O3/c1-3-4-15-19(21)16-13-11-9-7-5-6-8-10-12-14-17-22-18(2)20/h13,16,19,21H,3-12,14-15,17H2,1-2H3/b16-13-. The predicted molar refractivity (Wildman–Crippen MR) is 92.9 cm³/mol. The Kier molecular flexibility index (Phi) is 15.9. The van der Waals surface area contributed by atoms with Gasteiger partial charge in [0.05, 0.1) is 12.7 Å². The van der Waals surface area contributed by atoms with Crippen LogP contribution in [0.3, 0.4) is 0 Å². The summed E-state index contributed by atoms with van der Waals surface area (Å²) in [6, 6.07) is 0. The average Bonchev–Trinajstić information content (AvgIpc) is 2.49. The molecule has 22 heavy (non-hydrogen) atoms. The normalized spacial score (nSPS) is 12.7. The second kappa shape index (κ2) is 16.5. The zero-order valence-corrected chi connectivity index (χ0v) is 14.7. The van der Waals surface area contributed by atoms with Crippen molar-refractivity contribution in [2.24, 2.45) is 0 Å². The molecule has 0 aliphatic rings. The number of unbranched alkanes of at least 4 members (excludes halogenated alkanes) is 9. The van der Waals surface area contributed by atoms with Crippen LogP contribution in [-0.2, 0) is 9.53 Å². The van der Waals surface area contributed by atoms with E-state index in [4.69, 9.17) is 4.74 Å². The molecule has 3 nitrogen and oxygen atoms in total. The van der Waals surface area contributed by atoms with Gasteiger partial charge in [0, 0.05) is 6.92 Å². The minimum absolute atomic E-state index is 0.174. The third-order valence-corrected chi connectivity index (χ3v) is 3.78. The van der Waals surface area contributed by atoms with Crippen molar-refractivity contribution < 1.29 is 14.6 Å². The molecule has 0 fully saturated rings. The topological polar surface area (TPSA) is 46.5 Å². The number of aliphatic hydroxyl groups excluding tert-OH is 1. The van der Waals surface area contributed by atoms with Crippen LogP contribution in [0, 0.1) is 0 Å². The Hall–Kier alpha value is -0.830. The zero-order valence-electron chi connectivity index (χ0n) is 14.7. The lowest BCUT2D eigenvalue weighted by Gasteiger charge is -2.04. The van der Waals surface area contributed by atoms with E-state index in [-0.39, 0.29) is 12.1 Å². The maximum Gasteiger partial charge on any atom is 0.302 e. The van der Waals surface area contributed by atoms with Crippen LogP contribution in [0.1, 0.15) is 90.9 Å². The van der Waals surface area contributed by atoms with Crippen molar-refractivity contribution in [3.63, 3.8) is 0 Å². The quantitative estimate of drug-likeness (QED) is 0.258. The molecule has 0 aromatic heterocycles. The van der Waals surface area contributed by atoms with E-state index in [0.29, 0.717) is 6.61 Å². The van der Waals surface area contributed by atoms with E-state index in [1.807, 2.05) is 6.08 Å². The number of hydrogen-bond donors (Lipinski definition) is 1. The molecular weight excluding hydrogens is 276 g/mol. The Morgan fingerprint density at radius 1 is 1.00 bits per heavy atom. The Morgan fingerprint density at radius 2 is 1.59 bits per heavy atom. The maximum absolute atomic E-state index is 10.6. The van der Waals surface area contributed by atoms with Crippen LogP contribution in [0.2, 0.25) is 0 Å². The summed E-state index contributed by atoms with van der Waals surface area (Å²) < 4.78 is 4.90. The van der Waals surface area contributed by atoms with E-state index < -0.39 is 0 Å². The third-order valence-electron chi connectivity index (χ3n) is 3.78. The molecule has 0 saturated heterocycles. The molecule has 1 N–H and O–H groups in total. The summed E-state index contributed by atoms with van der Waals surface area (Å²) >= 11 is 0. The summed E-state index contributed by atoms with van der Waals surface area (Å²) in [6.07, 6.45) is 17.9. The SMILES string of the molecule is CCCCC(O)/C=C\CCCCCCCCCCOC(C)=O. The van der Waals surface area contributed by atoms with Crippen LogP contribution in [0.4, 0.5) is 0 Å². The molecule has 0 heterocycles. The molecule has 0 rings (SSSR count). The lowest BCUT2D eigenvalue weighted by molar-refractivity contribution is -0.141. The van der Waals surface area contributed by atoms with E-state index >= 15 is 0 Å². The molecule has 130 valence electrons. The molecular formula is C19H36O3. The van der Waals surface area contributed by atoms with Gasteiger partial charge in [-0.15, -0.1) is 0 Å². The van der Waals surface area contributed by atoms with Crippen LogP contribution in [0.5, 0.6) is 0 Å². The number of hydrogen-bond acceptors (Lipinski definition) is 3. The molecule has 1 atom stereocenters. The minimum atomic E-state index is -0.244. The molecule has 0 bridgehead atoms. The van der Waals surface area contributed by atoms with Gasteiger partial charge >= 0.3 is 5.97 Å². The first-order valence-corrected chi connectivity index (χ1v) is 9.15. The molecule has 0 radical (unpaired) electrons. The van der Waals surface area contributed by atoms with Crippen molar-refractivity contribution in [1.82, 2.24) is 0 Å². The van der Waals surface area contributed by atoms with Gasteiger partial charge in [-0.25, -0.2) is 0 Å². The van der Waals surface area contributed by atoms with Gasteiger partial charge < -0.3 is 9.84 Å². The summed E-state index contributed by atoms with van der Waals surface area (Å²) in [5.41, 5.74) is 0. The number of aliphatic hydroxyl groups is 1. The number of rotatable bonds is 15. The van der Waals surface area contributed by atoms with Gasteiger partial charge in [0.2, 0.25) is 0 Å². The monoisotopic (exact) mass is 312 g/mol. The predicted octanol–water partition coefficient (Wildman–Crippen LogP) is 5.17. The summed E-state index contributed by atoms with van der Waals surface area (Å²) in [7, 11) is 0. The van der Waals surface area contributed by atoms with Gasteiger partial charge in [-0.05, 0) is 25.7 Å². The fraction of sp³-hybridized carbons (Fsp3) is 0.842. The lowest BCUT2D eigenvalue weighted by atomic mass is 10.1. The van der Waals surface area contributed by atoms with Gasteiger partial charge in [-0.2, -0.15) is 0 Å². The van der Waals surface area contributed by atoms with E-state index in [2.05, 4.69) is 13.0 Å². The second-order valence-corrected chi connectivity index (χ2v) is 6.09. The maximum atomic E-state index is 10.6. The fourth-order valence-electron chi connectivity index (χ4n) is 2.40. The van der Waals surface area contributed by atoms with Crippen molar-refractivity contribution in [3.05, 3.63) is 12.2 Å². The summed E-state index contributed by atoms with van der Waals surface area (Å²) in [4.78, 5) is 10.6. The summed E-state index contributed by atoms with van der Waals surface area (Å²) in [6.45, 7) is 4.18. The highest BCUT2D eigenvalue weighted by Crippen LogP contribution is 2.10. The molecule has 3 heteroatoms. The Morgan fingerprint density at radius 3 is 2.18 bits per heavy atom. The third kappa shape index (κ3) is 17.2. The Bertz CT molecular complexity index is 274.